The fraction of sp³-hybridized carbons (Fsp3) is 0.514. The summed E-state index contributed by atoms with van der Waals surface area (Å²) in [4.78, 5) is 40.2. The van der Waals surface area contributed by atoms with Gasteiger partial charge in [-0.2, -0.15) is 0 Å². The molecule has 5 aliphatic rings. The number of ether oxygens (including phenoxy) is 1. The zero-order valence-corrected chi connectivity index (χ0v) is 24.8. The molecule has 5 aliphatic carbocycles. The van der Waals surface area contributed by atoms with E-state index >= 15 is 0 Å². The van der Waals surface area contributed by atoms with Crippen LogP contribution in [0.3, 0.4) is 0 Å². The maximum Gasteiger partial charge on any atom is 0.276 e. The van der Waals surface area contributed by atoms with E-state index in [1.807, 2.05) is 30.3 Å². The maximum atomic E-state index is 13.7. The van der Waals surface area contributed by atoms with Crippen molar-refractivity contribution in [1.29, 1.82) is 0 Å². The van der Waals surface area contributed by atoms with E-state index in [0.29, 0.717) is 29.5 Å². The second-order valence-corrected chi connectivity index (χ2v) is 13.4. The molecule has 4 bridgehead atoms. The van der Waals surface area contributed by atoms with Gasteiger partial charge in [-0.3, -0.25) is 14.4 Å². The first-order valence-corrected chi connectivity index (χ1v) is 16.1. The number of imidazole rings is 1. The van der Waals surface area contributed by atoms with Crippen molar-refractivity contribution in [2.45, 2.75) is 95.4 Å². The number of aromatic nitrogens is 2. The highest BCUT2D eigenvalue weighted by Crippen LogP contribution is 2.57. The third kappa shape index (κ3) is 6.41. The first-order valence-electron chi connectivity index (χ1n) is 16.1. The summed E-state index contributed by atoms with van der Waals surface area (Å²) in [5.74, 6) is 2.95. The lowest BCUT2D eigenvalue weighted by atomic mass is 9.54. The van der Waals surface area contributed by atoms with Gasteiger partial charge in [0.15, 0.2) is 5.69 Å². The normalized spacial score (nSPS) is 26.4. The minimum Gasteiger partial charge on any atom is -0.369 e. The van der Waals surface area contributed by atoms with Crippen molar-refractivity contribution in [1.82, 2.24) is 15.4 Å². The number of hydrogen-bond donors (Lipinski definition) is 3. The van der Waals surface area contributed by atoms with Crippen LogP contribution in [0.15, 0.2) is 54.6 Å². The molecule has 8 heteroatoms. The molecule has 0 radical (unpaired) electrons. The number of benzene rings is 2. The molecule has 1 aromatic heterocycles. The van der Waals surface area contributed by atoms with Gasteiger partial charge in [0.1, 0.15) is 5.82 Å². The molecule has 1 heterocycles. The van der Waals surface area contributed by atoms with Gasteiger partial charge in [0.25, 0.3) is 11.8 Å². The summed E-state index contributed by atoms with van der Waals surface area (Å²) in [5.41, 5.74) is 5.47. The molecule has 226 valence electrons. The van der Waals surface area contributed by atoms with E-state index < -0.39 is 0 Å². The number of carbonyl (C=O) groups excluding carboxylic acids is 2. The van der Waals surface area contributed by atoms with E-state index in [1.54, 1.807) is 24.3 Å². The third-order valence-electron chi connectivity index (χ3n) is 10.1. The Morgan fingerprint density at radius 2 is 1.58 bits per heavy atom. The molecule has 0 aliphatic heterocycles. The number of amides is 2. The predicted octanol–water partition coefficient (Wildman–Crippen LogP) is 7.06. The minimum absolute atomic E-state index is 0.0527. The molecule has 0 atom stereocenters. The molecule has 8 nitrogen and oxygen atoms in total. The van der Waals surface area contributed by atoms with Crippen LogP contribution in [-0.4, -0.2) is 27.4 Å². The van der Waals surface area contributed by atoms with E-state index in [9.17, 15) is 9.59 Å². The van der Waals surface area contributed by atoms with E-state index in [4.69, 9.17) is 14.6 Å². The Bertz CT molecular complexity index is 1410. The van der Waals surface area contributed by atoms with Gasteiger partial charge in [0.05, 0.1) is 24.5 Å². The molecule has 0 saturated heterocycles. The highest BCUT2D eigenvalue weighted by molar-refractivity contribution is 6.04. The van der Waals surface area contributed by atoms with E-state index in [1.165, 1.54) is 38.5 Å². The Balaban J connectivity index is 1.04. The smallest absolute Gasteiger partial charge is 0.276 e. The van der Waals surface area contributed by atoms with E-state index in [-0.39, 0.29) is 24.0 Å². The topological polar surface area (TPSA) is 105 Å². The van der Waals surface area contributed by atoms with Gasteiger partial charge in [0.2, 0.25) is 0 Å². The zero-order valence-electron chi connectivity index (χ0n) is 24.8. The Labute approximate surface area is 253 Å². The number of nitrogens with one attached hydrogen (secondary N) is 3. The zero-order chi connectivity index (χ0) is 29.2. The summed E-state index contributed by atoms with van der Waals surface area (Å²) in [5, 5.41) is 2.99. The summed E-state index contributed by atoms with van der Waals surface area (Å²) in [6, 6.07) is 16.5. The summed E-state index contributed by atoms with van der Waals surface area (Å²) in [6.45, 7) is 0.634. The number of rotatable bonds is 10. The molecule has 2 aromatic carbocycles. The highest BCUT2D eigenvalue weighted by atomic mass is 16.6. The number of H-pyrrole nitrogens is 1. The van der Waals surface area contributed by atoms with Crippen LogP contribution < -0.4 is 10.8 Å². The highest BCUT2D eigenvalue weighted by Gasteiger charge is 2.51. The molecule has 3 aromatic rings. The molecule has 5 saturated carbocycles. The Kier molecular flexibility index (Phi) is 8.06. The Morgan fingerprint density at radius 3 is 2.30 bits per heavy atom. The average Bonchev–Trinajstić information content (AvgIpc) is 3.45. The molecule has 5 fully saturated rings. The molecule has 8 rings (SSSR count). The fourth-order valence-electron chi connectivity index (χ4n) is 8.47. The molecule has 2 amide bonds. The van der Waals surface area contributed by atoms with Gasteiger partial charge in [-0.1, -0.05) is 55.7 Å². The monoisotopic (exact) mass is 582 g/mol. The van der Waals surface area contributed by atoms with Gasteiger partial charge in [-0.05, 0) is 92.9 Å². The van der Waals surface area contributed by atoms with Crippen molar-refractivity contribution in [3.05, 3.63) is 82.9 Å². The van der Waals surface area contributed by atoms with Crippen molar-refractivity contribution in [2.75, 3.05) is 5.32 Å². The van der Waals surface area contributed by atoms with Gasteiger partial charge in [0, 0.05) is 17.2 Å². The van der Waals surface area contributed by atoms with Gasteiger partial charge in [-0.25, -0.2) is 10.5 Å². The van der Waals surface area contributed by atoms with E-state index in [0.717, 1.165) is 66.9 Å². The lowest BCUT2D eigenvalue weighted by Gasteiger charge is -2.56. The van der Waals surface area contributed by atoms with Crippen LogP contribution in [-0.2, 0) is 22.8 Å². The number of hydrogen-bond acceptors (Lipinski definition) is 5. The molecule has 3 N–H and O–H groups in total. The number of carbonyl (C=O) groups is 2. The second kappa shape index (κ2) is 12.2. The van der Waals surface area contributed by atoms with Crippen LogP contribution in [0.2, 0.25) is 0 Å². The third-order valence-corrected chi connectivity index (χ3v) is 10.1. The van der Waals surface area contributed by atoms with Crippen molar-refractivity contribution >= 4 is 17.5 Å². The van der Waals surface area contributed by atoms with Crippen molar-refractivity contribution in [3.8, 4) is 0 Å². The molecular weight excluding hydrogens is 540 g/mol. The van der Waals surface area contributed by atoms with E-state index in [2.05, 4.69) is 15.8 Å². The van der Waals surface area contributed by atoms with Crippen LogP contribution in [0.4, 0.5) is 5.69 Å². The van der Waals surface area contributed by atoms with Crippen LogP contribution >= 0.6 is 0 Å². The number of nitrogens with zero attached hydrogens (tertiary/aromatic N) is 1. The van der Waals surface area contributed by atoms with Crippen molar-refractivity contribution in [2.24, 2.45) is 17.8 Å². The number of aromatic amines is 1. The van der Waals surface area contributed by atoms with Crippen LogP contribution in [0.25, 0.3) is 0 Å². The van der Waals surface area contributed by atoms with Crippen LogP contribution in [0, 0.1) is 17.8 Å². The maximum absolute atomic E-state index is 13.7. The lowest BCUT2D eigenvalue weighted by molar-refractivity contribution is -0.169. The van der Waals surface area contributed by atoms with Gasteiger partial charge in [-0.15, -0.1) is 0 Å². The Morgan fingerprint density at radius 1 is 0.860 bits per heavy atom. The number of hydroxylamine groups is 1. The van der Waals surface area contributed by atoms with Crippen LogP contribution in [0.5, 0.6) is 0 Å². The SMILES string of the molecule is O=C(NOCc1ccccc1)c1cccc(NC(=O)c2nc(C3CCCCC3)[nH]c2COC23CC4CC(CC(C4)C2)C3)c1. The van der Waals surface area contributed by atoms with Crippen molar-refractivity contribution in [3.63, 3.8) is 0 Å². The largest absolute Gasteiger partial charge is 0.369 e. The summed E-state index contributed by atoms with van der Waals surface area (Å²) >= 11 is 0. The van der Waals surface area contributed by atoms with Gasteiger partial charge < -0.3 is 15.0 Å². The first kappa shape index (κ1) is 28.3. The summed E-state index contributed by atoms with van der Waals surface area (Å²) in [7, 11) is 0. The molecule has 0 unspecified atom stereocenters. The van der Waals surface area contributed by atoms with Gasteiger partial charge >= 0.3 is 0 Å². The first-order chi connectivity index (χ1) is 21.0. The minimum atomic E-state index is -0.379. The summed E-state index contributed by atoms with van der Waals surface area (Å²) < 4.78 is 6.77. The number of anilines is 1. The molecule has 43 heavy (non-hydrogen) atoms. The van der Waals surface area contributed by atoms with Crippen molar-refractivity contribution < 1.29 is 19.2 Å². The predicted molar refractivity (Wildman–Crippen MR) is 163 cm³/mol. The average molecular weight is 583 g/mol. The quantitative estimate of drug-likeness (QED) is 0.222. The van der Waals surface area contributed by atoms with Crippen LogP contribution in [0.1, 0.15) is 114 Å². The second-order valence-electron chi connectivity index (χ2n) is 13.4. The standard InChI is InChI=1S/C35H42N4O4/c40-33(39-43-21-23-8-3-1-4-9-23)28-12-7-13-29(17-28)36-34(41)31-30(37-32(38-31)27-10-5-2-6-11-27)22-42-35-18-24-14-25(19-35)16-26(15-24)20-35/h1,3-4,7-9,12-13,17,24-27H,2,5-6,10-11,14-16,18-22H2,(H,36,41)(H,37,38)(H,39,40). The fourth-order valence-corrected chi connectivity index (χ4v) is 8.47. The lowest BCUT2D eigenvalue weighted by Crippen LogP contribution is -2.51. The Hall–Kier alpha value is -3.49. The summed E-state index contributed by atoms with van der Waals surface area (Å²) in [6.07, 6.45) is 13.4. The molecular formula is C35H42N4O4. The molecule has 0 spiro atoms.